The summed E-state index contributed by atoms with van der Waals surface area (Å²) in [5.41, 5.74) is 1.60. The fourth-order valence-corrected chi connectivity index (χ4v) is 2.40. The van der Waals surface area contributed by atoms with E-state index in [1.165, 1.54) is 7.11 Å². The number of nitrogens with zero attached hydrogens (tertiary/aromatic N) is 1. The van der Waals surface area contributed by atoms with Gasteiger partial charge in [-0.15, -0.1) is 11.6 Å². The Bertz CT molecular complexity index is 472. The van der Waals surface area contributed by atoms with Crippen LogP contribution in [-0.2, 0) is 15.4 Å². The van der Waals surface area contributed by atoms with Crippen molar-refractivity contribution in [2.45, 2.75) is 12.3 Å². The van der Waals surface area contributed by atoms with Crippen molar-refractivity contribution in [3.05, 3.63) is 35.4 Å². The lowest BCUT2D eigenvalue weighted by atomic mass is 10.1. The fourth-order valence-electron chi connectivity index (χ4n) is 2.22. The van der Waals surface area contributed by atoms with Gasteiger partial charge in [-0.25, -0.2) is 0 Å². The van der Waals surface area contributed by atoms with Crippen molar-refractivity contribution in [2.24, 2.45) is 5.92 Å². The molecule has 1 fully saturated rings. The molecule has 1 amide bonds. The molecule has 4 nitrogen and oxygen atoms in total. The van der Waals surface area contributed by atoms with Crippen LogP contribution < -0.4 is 0 Å². The minimum absolute atomic E-state index is 0.0486. The Labute approximate surface area is 117 Å². The highest BCUT2D eigenvalue weighted by Crippen LogP contribution is 2.20. The number of hydrogen-bond donors (Lipinski definition) is 0. The number of hydrogen-bond acceptors (Lipinski definition) is 3. The van der Waals surface area contributed by atoms with Crippen LogP contribution in [0.2, 0.25) is 0 Å². The Balaban J connectivity index is 2.02. The second-order valence-corrected chi connectivity index (χ2v) is 4.86. The summed E-state index contributed by atoms with van der Waals surface area (Å²) in [6.45, 7) is 1.03. The topological polar surface area (TPSA) is 46.6 Å². The Morgan fingerprint density at radius 1 is 1.37 bits per heavy atom. The van der Waals surface area contributed by atoms with E-state index in [4.69, 9.17) is 16.3 Å². The maximum Gasteiger partial charge on any atom is 0.310 e. The molecule has 19 heavy (non-hydrogen) atoms. The monoisotopic (exact) mass is 281 g/mol. The van der Waals surface area contributed by atoms with E-state index in [1.807, 2.05) is 12.1 Å². The molecule has 1 atom stereocenters. The largest absolute Gasteiger partial charge is 0.469 e. The summed E-state index contributed by atoms with van der Waals surface area (Å²) < 4.78 is 4.71. The van der Waals surface area contributed by atoms with Gasteiger partial charge in [-0.2, -0.15) is 0 Å². The number of esters is 1. The summed E-state index contributed by atoms with van der Waals surface area (Å²) in [4.78, 5) is 25.4. The normalized spacial score (nSPS) is 18.4. The number of likely N-dealkylation sites (tertiary alicyclic amines) is 1. The Morgan fingerprint density at radius 2 is 2.05 bits per heavy atom. The lowest BCUT2D eigenvalue weighted by Gasteiger charge is -2.16. The van der Waals surface area contributed by atoms with Gasteiger partial charge in [0.1, 0.15) is 0 Å². The first-order valence-corrected chi connectivity index (χ1v) is 6.71. The van der Waals surface area contributed by atoms with Crippen molar-refractivity contribution in [1.29, 1.82) is 0 Å². The Hall–Kier alpha value is -1.55. The molecule has 0 aromatic heterocycles. The van der Waals surface area contributed by atoms with E-state index in [1.54, 1.807) is 17.0 Å². The van der Waals surface area contributed by atoms with E-state index in [2.05, 4.69) is 0 Å². The second kappa shape index (κ2) is 6.06. The molecule has 1 aromatic carbocycles. The van der Waals surface area contributed by atoms with E-state index in [0.717, 1.165) is 5.56 Å². The SMILES string of the molecule is COC(=O)C1CCN(C(=O)c2ccc(CCl)cc2)C1. The number of carbonyl (C=O) groups excluding carboxylic acids is 2. The zero-order chi connectivity index (χ0) is 13.8. The van der Waals surface area contributed by atoms with Gasteiger partial charge in [0.15, 0.2) is 0 Å². The zero-order valence-electron chi connectivity index (χ0n) is 10.8. The molecule has 5 heteroatoms. The number of methoxy groups -OCH3 is 1. The summed E-state index contributed by atoms with van der Waals surface area (Å²) in [5.74, 6) is -0.0563. The standard InChI is InChI=1S/C14H16ClNO3/c1-19-14(18)12-6-7-16(9-12)13(17)11-4-2-10(8-15)3-5-11/h2-5,12H,6-9H2,1H3. The molecule has 0 bridgehead atoms. The summed E-state index contributed by atoms with van der Waals surface area (Å²) in [7, 11) is 1.37. The third kappa shape index (κ3) is 3.07. The summed E-state index contributed by atoms with van der Waals surface area (Å²) in [6, 6.07) is 7.22. The van der Waals surface area contributed by atoms with Gasteiger partial charge in [0.2, 0.25) is 0 Å². The number of ether oxygens (including phenoxy) is 1. The average molecular weight is 282 g/mol. The van der Waals surface area contributed by atoms with Crippen molar-refractivity contribution in [2.75, 3.05) is 20.2 Å². The fraction of sp³-hybridized carbons (Fsp3) is 0.429. The lowest BCUT2D eigenvalue weighted by Crippen LogP contribution is -2.30. The highest BCUT2D eigenvalue weighted by molar-refractivity contribution is 6.17. The zero-order valence-corrected chi connectivity index (χ0v) is 11.5. The summed E-state index contributed by atoms with van der Waals surface area (Å²) in [6.07, 6.45) is 0.665. The van der Waals surface area contributed by atoms with Gasteiger partial charge in [0, 0.05) is 24.5 Å². The van der Waals surface area contributed by atoms with Crippen molar-refractivity contribution in [3.63, 3.8) is 0 Å². The number of carbonyl (C=O) groups is 2. The molecule has 102 valence electrons. The van der Waals surface area contributed by atoms with E-state index in [-0.39, 0.29) is 17.8 Å². The molecule has 0 radical (unpaired) electrons. The molecule has 1 aliphatic rings. The van der Waals surface area contributed by atoms with Crippen molar-refractivity contribution >= 4 is 23.5 Å². The molecule has 0 spiro atoms. The predicted molar refractivity (Wildman–Crippen MR) is 72.0 cm³/mol. The first-order valence-electron chi connectivity index (χ1n) is 6.17. The van der Waals surface area contributed by atoms with E-state index in [9.17, 15) is 9.59 Å². The van der Waals surface area contributed by atoms with E-state index in [0.29, 0.717) is 31.0 Å². The number of amides is 1. The summed E-state index contributed by atoms with van der Waals surface area (Å²) >= 11 is 5.71. The van der Waals surface area contributed by atoms with Crippen LogP contribution in [0.1, 0.15) is 22.3 Å². The Kier molecular flexibility index (Phi) is 4.43. The van der Waals surface area contributed by atoms with Crippen LogP contribution in [0.15, 0.2) is 24.3 Å². The average Bonchev–Trinajstić information content (AvgIpc) is 2.95. The molecule has 1 aliphatic heterocycles. The number of benzene rings is 1. The highest BCUT2D eigenvalue weighted by Gasteiger charge is 2.31. The minimum Gasteiger partial charge on any atom is -0.469 e. The molecule has 2 rings (SSSR count). The third-order valence-corrected chi connectivity index (χ3v) is 3.67. The first-order chi connectivity index (χ1) is 9.15. The van der Waals surface area contributed by atoms with Crippen molar-refractivity contribution < 1.29 is 14.3 Å². The molecule has 1 unspecified atom stereocenters. The summed E-state index contributed by atoms with van der Waals surface area (Å²) in [5, 5.41) is 0. The maximum absolute atomic E-state index is 12.2. The van der Waals surface area contributed by atoms with Gasteiger partial charge in [-0.05, 0) is 24.1 Å². The van der Waals surface area contributed by atoms with Crippen LogP contribution in [0.25, 0.3) is 0 Å². The quantitative estimate of drug-likeness (QED) is 0.629. The number of rotatable bonds is 3. The molecule has 0 N–H and O–H groups in total. The second-order valence-electron chi connectivity index (χ2n) is 4.59. The number of alkyl halides is 1. The van der Waals surface area contributed by atoms with Gasteiger partial charge in [-0.3, -0.25) is 9.59 Å². The number of halogens is 1. The van der Waals surface area contributed by atoms with Crippen LogP contribution in [0.4, 0.5) is 0 Å². The predicted octanol–water partition coefficient (Wildman–Crippen LogP) is 2.06. The molecule has 1 heterocycles. The third-order valence-electron chi connectivity index (χ3n) is 3.37. The van der Waals surface area contributed by atoms with Crippen LogP contribution in [0, 0.1) is 5.92 Å². The van der Waals surface area contributed by atoms with Gasteiger partial charge in [0.05, 0.1) is 13.0 Å². The Morgan fingerprint density at radius 3 is 2.63 bits per heavy atom. The molecule has 0 saturated carbocycles. The highest BCUT2D eigenvalue weighted by atomic mass is 35.5. The van der Waals surface area contributed by atoms with Gasteiger partial charge in [0.25, 0.3) is 5.91 Å². The van der Waals surface area contributed by atoms with Gasteiger partial charge in [-0.1, -0.05) is 12.1 Å². The molecular formula is C14H16ClNO3. The van der Waals surface area contributed by atoms with Crippen LogP contribution in [0.3, 0.4) is 0 Å². The van der Waals surface area contributed by atoms with Crippen molar-refractivity contribution in [3.8, 4) is 0 Å². The molecular weight excluding hydrogens is 266 g/mol. The van der Waals surface area contributed by atoms with Crippen LogP contribution in [-0.4, -0.2) is 37.0 Å². The maximum atomic E-state index is 12.2. The van der Waals surface area contributed by atoms with Gasteiger partial charge < -0.3 is 9.64 Å². The lowest BCUT2D eigenvalue weighted by molar-refractivity contribution is -0.144. The first kappa shape index (κ1) is 13.9. The van der Waals surface area contributed by atoms with E-state index >= 15 is 0 Å². The minimum atomic E-state index is -0.243. The molecule has 0 aliphatic carbocycles. The molecule has 1 aromatic rings. The molecule has 1 saturated heterocycles. The smallest absolute Gasteiger partial charge is 0.310 e. The van der Waals surface area contributed by atoms with Crippen LogP contribution in [0.5, 0.6) is 0 Å². The van der Waals surface area contributed by atoms with E-state index < -0.39 is 0 Å². The van der Waals surface area contributed by atoms with Crippen LogP contribution >= 0.6 is 11.6 Å². The van der Waals surface area contributed by atoms with Crippen molar-refractivity contribution in [1.82, 2.24) is 4.90 Å². The van der Waals surface area contributed by atoms with Gasteiger partial charge >= 0.3 is 5.97 Å².